The van der Waals surface area contributed by atoms with Crippen molar-refractivity contribution < 1.29 is 13.9 Å². The standard InChI is InChI=1S/C12H16FN3O2/c1-18-11-3-5-16(7-9(11)13)12(17)8-2-4-15-6-10(8)14/h2,4,6,9,11H,3,5,7,14H2,1H3/t9-,11+/m1/s1. The quantitative estimate of drug-likeness (QED) is 0.849. The van der Waals surface area contributed by atoms with Crippen molar-refractivity contribution in [1.82, 2.24) is 9.88 Å². The molecule has 0 bridgehead atoms. The molecule has 6 heteroatoms. The number of halogens is 1. The van der Waals surface area contributed by atoms with Crippen molar-refractivity contribution in [2.75, 3.05) is 25.9 Å². The number of anilines is 1. The maximum atomic E-state index is 13.7. The number of hydrogen-bond donors (Lipinski definition) is 1. The number of carbonyl (C=O) groups excluding carboxylic acids is 1. The summed E-state index contributed by atoms with van der Waals surface area (Å²) in [5.74, 6) is -0.257. The number of rotatable bonds is 2. The van der Waals surface area contributed by atoms with Gasteiger partial charge in [0, 0.05) is 19.9 Å². The minimum absolute atomic E-state index is 0.0408. The van der Waals surface area contributed by atoms with Crippen LogP contribution in [0.1, 0.15) is 16.8 Å². The van der Waals surface area contributed by atoms with Gasteiger partial charge in [0.15, 0.2) is 0 Å². The number of nitrogen functional groups attached to an aromatic ring is 1. The van der Waals surface area contributed by atoms with Crippen LogP contribution in [0.4, 0.5) is 10.1 Å². The Balaban J connectivity index is 2.10. The van der Waals surface area contributed by atoms with Crippen molar-refractivity contribution >= 4 is 11.6 Å². The van der Waals surface area contributed by atoms with Crippen LogP contribution in [-0.2, 0) is 4.74 Å². The largest absolute Gasteiger partial charge is 0.397 e. The lowest BCUT2D eigenvalue weighted by molar-refractivity contribution is -0.0174. The first-order valence-corrected chi connectivity index (χ1v) is 5.79. The van der Waals surface area contributed by atoms with Crippen LogP contribution >= 0.6 is 0 Å². The van der Waals surface area contributed by atoms with Gasteiger partial charge >= 0.3 is 0 Å². The lowest BCUT2D eigenvalue weighted by Crippen LogP contribution is -2.48. The lowest BCUT2D eigenvalue weighted by Gasteiger charge is -2.34. The monoisotopic (exact) mass is 253 g/mol. The highest BCUT2D eigenvalue weighted by Crippen LogP contribution is 2.20. The molecular weight excluding hydrogens is 237 g/mol. The van der Waals surface area contributed by atoms with E-state index in [2.05, 4.69) is 4.98 Å². The zero-order valence-corrected chi connectivity index (χ0v) is 10.2. The molecular formula is C12H16FN3O2. The van der Waals surface area contributed by atoms with Gasteiger partial charge in [-0.2, -0.15) is 0 Å². The summed E-state index contributed by atoms with van der Waals surface area (Å²) in [4.78, 5) is 17.5. The van der Waals surface area contributed by atoms with Gasteiger partial charge in [0.05, 0.1) is 30.1 Å². The zero-order valence-electron chi connectivity index (χ0n) is 10.2. The molecule has 1 aliphatic rings. The molecule has 1 aromatic heterocycles. The van der Waals surface area contributed by atoms with Crippen molar-refractivity contribution in [3.8, 4) is 0 Å². The summed E-state index contributed by atoms with van der Waals surface area (Å²) in [7, 11) is 1.48. The fourth-order valence-electron chi connectivity index (χ4n) is 2.11. The van der Waals surface area contributed by atoms with Crippen molar-refractivity contribution in [1.29, 1.82) is 0 Å². The summed E-state index contributed by atoms with van der Waals surface area (Å²) >= 11 is 0. The van der Waals surface area contributed by atoms with Crippen LogP contribution in [0, 0.1) is 0 Å². The molecule has 98 valence electrons. The summed E-state index contributed by atoms with van der Waals surface area (Å²) in [5.41, 5.74) is 6.37. The Bertz CT molecular complexity index is 441. The van der Waals surface area contributed by atoms with E-state index in [1.807, 2.05) is 0 Å². The Hall–Kier alpha value is -1.69. The molecule has 0 unspecified atom stereocenters. The van der Waals surface area contributed by atoms with E-state index in [1.54, 1.807) is 6.07 Å². The van der Waals surface area contributed by atoms with Gasteiger partial charge < -0.3 is 15.4 Å². The van der Waals surface area contributed by atoms with E-state index in [0.717, 1.165) is 0 Å². The number of amides is 1. The number of carbonyl (C=O) groups is 1. The predicted octanol–water partition coefficient (Wildman–Crippen LogP) is 0.863. The molecule has 18 heavy (non-hydrogen) atoms. The van der Waals surface area contributed by atoms with Crippen LogP contribution in [0.5, 0.6) is 0 Å². The van der Waals surface area contributed by atoms with Gasteiger partial charge in [0.2, 0.25) is 0 Å². The topological polar surface area (TPSA) is 68.5 Å². The molecule has 1 aliphatic heterocycles. The van der Waals surface area contributed by atoms with E-state index in [1.165, 1.54) is 24.4 Å². The number of pyridine rings is 1. The molecule has 1 amide bonds. The molecule has 0 spiro atoms. The number of nitrogens with two attached hydrogens (primary N) is 1. The van der Waals surface area contributed by atoms with E-state index >= 15 is 0 Å². The van der Waals surface area contributed by atoms with Gasteiger partial charge in [0.1, 0.15) is 6.17 Å². The second kappa shape index (κ2) is 5.30. The Morgan fingerprint density at radius 2 is 2.44 bits per heavy atom. The Kier molecular flexibility index (Phi) is 3.76. The second-order valence-electron chi connectivity index (χ2n) is 4.29. The first kappa shape index (κ1) is 12.8. The maximum absolute atomic E-state index is 13.7. The van der Waals surface area contributed by atoms with Gasteiger partial charge in [-0.25, -0.2) is 4.39 Å². The first-order chi connectivity index (χ1) is 8.63. The molecule has 0 aromatic carbocycles. The number of aromatic nitrogens is 1. The van der Waals surface area contributed by atoms with Crippen molar-refractivity contribution in [2.45, 2.75) is 18.7 Å². The van der Waals surface area contributed by atoms with E-state index in [0.29, 0.717) is 24.2 Å². The third kappa shape index (κ3) is 2.43. The normalized spacial score (nSPS) is 24.0. The van der Waals surface area contributed by atoms with Crippen molar-refractivity contribution in [2.24, 2.45) is 0 Å². The Labute approximate surface area is 105 Å². The molecule has 2 N–H and O–H groups in total. The fraction of sp³-hybridized carbons (Fsp3) is 0.500. The van der Waals surface area contributed by atoms with Crippen molar-refractivity contribution in [3.63, 3.8) is 0 Å². The molecule has 5 nitrogen and oxygen atoms in total. The van der Waals surface area contributed by atoms with Crippen LogP contribution in [-0.4, -0.2) is 48.3 Å². The van der Waals surface area contributed by atoms with E-state index < -0.39 is 12.3 Å². The lowest BCUT2D eigenvalue weighted by atomic mass is 10.0. The molecule has 0 saturated carbocycles. The number of ether oxygens (including phenoxy) is 1. The molecule has 1 fully saturated rings. The number of piperidine rings is 1. The van der Waals surface area contributed by atoms with E-state index in [4.69, 9.17) is 10.5 Å². The molecule has 1 aromatic rings. The molecule has 1 saturated heterocycles. The van der Waals surface area contributed by atoms with E-state index in [9.17, 15) is 9.18 Å². The minimum Gasteiger partial charge on any atom is -0.397 e. The number of hydrogen-bond acceptors (Lipinski definition) is 4. The third-order valence-corrected chi connectivity index (χ3v) is 3.15. The molecule has 0 aliphatic carbocycles. The molecule has 2 heterocycles. The predicted molar refractivity (Wildman–Crippen MR) is 64.9 cm³/mol. The van der Waals surface area contributed by atoms with Gasteiger partial charge in [-0.3, -0.25) is 9.78 Å². The Morgan fingerprint density at radius 3 is 3.06 bits per heavy atom. The number of alkyl halides is 1. The molecule has 0 radical (unpaired) electrons. The maximum Gasteiger partial charge on any atom is 0.256 e. The number of nitrogens with zero attached hydrogens (tertiary/aromatic N) is 2. The third-order valence-electron chi connectivity index (χ3n) is 3.15. The second-order valence-corrected chi connectivity index (χ2v) is 4.29. The number of methoxy groups -OCH3 is 1. The van der Waals surface area contributed by atoms with Gasteiger partial charge in [-0.05, 0) is 12.5 Å². The highest BCUT2D eigenvalue weighted by Gasteiger charge is 2.32. The van der Waals surface area contributed by atoms with Crippen LogP contribution in [0.2, 0.25) is 0 Å². The number of likely N-dealkylation sites (tertiary alicyclic amines) is 1. The van der Waals surface area contributed by atoms with Crippen LogP contribution in [0.15, 0.2) is 18.5 Å². The summed E-state index contributed by atoms with van der Waals surface area (Å²) in [6.45, 7) is 0.513. The fourth-order valence-corrected chi connectivity index (χ4v) is 2.11. The summed E-state index contributed by atoms with van der Waals surface area (Å²) in [6, 6.07) is 1.55. The average Bonchev–Trinajstić information content (AvgIpc) is 2.38. The minimum atomic E-state index is -1.16. The van der Waals surface area contributed by atoms with Crippen LogP contribution in [0.3, 0.4) is 0 Å². The SMILES string of the molecule is CO[C@H]1CCN(C(=O)c2ccncc2N)C[C@H]1F. The summed E-state index contributed by atoms with van der Waals surface area (Å²) < 4.78 is 18.7. The smallest absolute Gasteiger partial charge is 0.256 e. The van der Waals surface area contributed by atoms with E-state index in [-0.39, 0.29) is 12.5 Å². The molecule has 2 rings (SSSR count). The molecule has 2 atom stereocenters. The highest BCUT2D eigenvalue weighted by molar-refractivity contribution is 5.98. The zero-order chi connectivity index (χ0) is 13.1. The van der Waals surface area contributed by atoms with Crippen LogP contribution < -0.4 is 5.73 Å². The Morgan fingerprint density at radius 1 is 1.67 bits per heavy atom. The van der Waals surface area contributed by atoms with Gasteiger partial charge in [-0.1, -0.05) is 0 Å². The van der Waals surface area contributed by atoms with Crippen molar-refractivity contribution in [3.05, 3.63) is 24.0 Å². The van der Waals surface area contributed by atoms with Gasteiger partial charge in [0.25, 0.3) is 5.91 Å². The highest BCUT2D eigenvalue weighted by atomic mass is 19.1. The first-order valence-electron chi connectivity index (χ1n) is 5.79. The summed E-state index contributed by atoms with van der Waals surface area (Å²) in [6.07, 6.45) is 1.83. The van der Waals surface area contributed by atoms with Crippen LogP contribution in [0.25, 0.3) is 0 Å². The summed E-state index contributed by atoms with van der Waals surface area (Å²) in [5, 5.41) is 0. The average molecular weight is 253 g/mol. The van der Waals surface area contributed by atoms with Gasteiger partial charge in [-0.15, -0.1) is 0 Å².